The van der Waals surface area contributed by atoms with Gasteiger partial charge in [-0.05, 0) is 19.0 Å². The summed E-state index contributed by atoms with van der Waals surface area (Å²) in [5, 5.41) is 7.50. The molecule has 0 saturated carbocycles. The maximum atomic E-state index is 14.4. The highest BCUT2D eigenvalue weighted by Crippen LogP contribution is 2.31. The van der Waals surface area contributed by atoms with Crippen molar-refractivity contribution in [3.05, 3.63) is 47.0 Å². The number of rotatable bonds is 5. The molecule has 0 aliphatic rings. The van der Waals surface area contributed by atoms with Crippen LogP contribution in [0.5, 0.6) is 5.75 Å². The summed E-state index contributed by atoms with van der Waals surface area (Å²) in [6.45, 7) is 4.47. The molecule has 2 rings (SSSR count). The molecule has 1 aromatic heterocycles. The summed E-state index contributed by atoms with van der Waals surface area (Å²) in [5.74, 6) is 0.459. The monoisotopic (exact) mass is 277 g/mol. The van der Waals surface area contributed by atoms with Gasteiger partial charge in [-0.25, -0.2) is 4.39 Å². The molecule has 0 radical (unpaired) electrons. The van der Waals surface area contributed by atoms with Gasteiger partial charge in [0.25, 0.3) is 0 Å². The van der Waals surface area contributed by atoms with Crippen LogP contribution in [0, 0.1) is 12.7 Å². The number of nitrogens with zero attached hydrogens (tertiary/aromatic N) is 2. The third kappa shape index (κ3) is 2.54. The highest BCUT2D eigenvalue weighted by Gasteiger charge is 2.24. The van der Waals surface area contributed by atoms with E-state index < -0.39 is 0 Å². The van der Waals surface area contributed by atoms with Gasteiger partial charge in [-0.2, -0.15) is 5.10 Å². The first-order valence-corrected chi connectivity index (χ1v) is 6.64. The van der Waals surface area contributed by atoms with Gasteiger partial charge in [-0.3, -0.25) is 4.68 Å². The molecule has 1 N–H and O–H groups in total. The van der Waals surface area contributed by atoms with Crippen molar-refractivity contribution in [2.24, 2.45) is 7.05 Å². The largest absolute Gasteiger partial charge is 0.493 e. The molecule has 4 nitrogen and oxygen atoms in total. The maximum absolute atomic E-state index is 14.4. The van der Waals surface area contributed by atoms with E-state index in [9.17, 15) is 4.39 Å². The van der Waals surface area contributed by atoms with Crippen molar-refractivity contribution >= 4 is 0 Å². The second-order valence-corrected chi connectivity index (χ2v) is 4.69. The first kappa shape index (κ1) is 14.5. The van der Waals surface area contributed by atoms with Gasteiger partial charge in [0, 0.05) is 12.6 Å². The van der Waals surface area contributed by atoms with E-state index in [1.807, 2.05) is 20.0 Å². The molecule has 1 aromatic carbocycles. The Hall–Kier alpha value is -1.88. The van der Waals surface area contributed by atoms with Gasteiger partial charge in [-0.1, -0.05) is 25.1 Å². The third-order valence-electron chi connectivity index (χ3n) is 3.38. The van der Waals surface area contributed by atoms with Crippen molar-refractivity contribution in [3.8, 4) is 5.75 Å². The highest BCUT2D eigenvalue weighted by atomic mass is 19.1. The SMILES string of the molecule is CCNC(c1cccc(C)c1F)c1c(OC)cnn1C. The lowest BCUT2D eigenvalue weighted by atomic mass is 10.00. The van der Waals surface area contributed by atoms with Crippen molar-refractivity contribution in [1.29, 1.82) is 0 Å². The minimum Gasteiger partial charge on any atom is -0.493 e. The first-order chi connectivity index (χ1) is 9.60. The molecule has 1 atom stereocenters. The van der Waals surface area contributed by atoms with Crippen LogP contribution in [0.25, 0.3) is 0 Å². The molecule has 0 fully saturated rings. The van der Waals surface area contributed by atoms with Crippen LogP contribution in [0.15, 0.2) is 24.4 Å². The van der Waals surface area contributed by atoms with Gasteiger partial charge in [-0.15, -0.1) is 0 Å². The van der Waals surface area contributed by atoms with E-state index >= 15 is 0 Å². The molecule has 0 saturated heterocycles. The summed E-state index contributed by atoms with van der Waals surface area (Å²) in [5.41, 5.74) is 2.05. The molecule has 0 bridgehead atoms. The topological polar surface area (TPSA) is 39.1 Å². The lowest BCUT2D eigenvalue weighted by Gasteiger charge is -2.21. The number of aryl methyl sites for hydroxylation is 2. The Bertz CT molecular complexity index is 595. The molecule has 0 amide bonds. The minimum absolute atomic E-state index is 0.193. The second kappa shape index (κ2) is 6.05. The fraction of sp³-hybridized carbons (Fsp3) is 0.400. The summed E-state index contributed by atoms with van der Waals surface area (Å²) in [7, 11) is 3.42. The van der Waals surface area contributed by atoms with Crippen LogP contribution in [-0.4, -0.2) is 23.4 Å². The molecule has 5 heteroatoms. The van der Waals surface area contributed by atoms with E-state index in [1.165, 1.54) is 0 Å². The average Bonchev–Trinajstić information content (AvgIpc) is 2.81. The molecule has 2 aromatic rings. The molecule has 1 unspecified atom stereocenters. The normalized spacial score (nSPS) is 12.4. The van der Waals surface area contributed by atoms with Crippen molar-refractivity contribution < 1.29 is 9.13 Å². The van der Waals surface area contributed by atoms with Gasteiger partial charge in [0.15, 0.2) is 5.75 Å². The van der Waals surface area contributed by atoms with E-state index in [2.05, 4.69) is 10.4 Å². The van der Waals surface area contributed by atoms with Crippen molar-refractivity contribution in [2.45, 2.75) is 19.9 Å². The minimum atomic E-state index is -0.289. The Morgan fingerprint density at radius 2 is 2.20 bits per heavy atom. The number of hydrogen-bond acceptors (Lipinski definition) is 3. The van der Waals surface area contributed by atoms with Crippen LogP contribution in [0.1, 0.15) is 29.8 Å². The fourth-order valence-electron chi connectivity index (χ4n) is 2.36. The van der Waals surface area contributed by atoms with E-state index in [1.54, 1.807) is 37.0 Å². The number of hydrogen-bond donors (Lipinski definition) is 1. The molecule has 1 heterocycles. The van der Waals surface area contributed by atoms with E-state index in [0.717, 1.165) is 5.69 Å². The lowest BCUT2D eigenvalue weighted by Crippen LogP contribution is -2.26. The fourth-order valence-corrected chi connectivity index (χ4v) is 2.36. The zero-order chi connectivity index (χ0) is 14.7. The van der Waals surface area contributed by atoms with E-state index in [-0.39, 0.29) is 11.9 Å². The maximum Gasteiger partial charge on any atom is 0.161 e. The van der Waals surface area contributed by atoms with E-state index in [0.29, 0.717) is 23.4 Å². The second-order valence-electron chi connectivity index (χ2n) is 4.69. The highest BCUT2D eigenvalue weighted by molar-refractivity contribution is 5.38. The van der Waals surface area contributed by atoms with Crippen LogP contribution in [0.2, 0.25) is 0 Å². The molecule has 0 aliphatic heterocycles. The molecule has 108 valence electrons. The van der Waals surface area contributed by atoms with Gasteiger partial charge < -0.3 is 10.1 Å². The van der Waals surface area contributed by atoms with Crippen LogP contribution in [0.4, 0.5) is 4.39 Å². The van der Waals surface area contributed by atoms with Crippen LogP contribution in [0.3, 0.4) is 0 Å². The summed E-state index contributed by atoms with van der Waals surface area (Å²) in [6.07, 6.45) is 1.65. The Kier molecular flexibility index (Phi) is 4.39. The Morgan fingerprint density at radius 3 is 2.85 bits per heavy atom. The third-order valence-corrected chi connectivity index (χ3v) is 3.38. The van der Waals surface area contributed by atoms with Gasteiger partial charge in [0.2, 0.25) is 0 Å². The van der Waals surface area contributed by atoms with Crippen molar-refractivity contribution in [1.82, 2.24) is 15.1 Å². The summed E-state index contributed by atoms with van der Waals surface area (Å²) >= 11 is 0. The number of methoxy groups -OCH3 is 1. The van der Waals surface area contributed by atoms with Gasteiger partial charge in [0.05, 0.1) is 19.3 Å². The molecular formula is C15H20FN3O. The number of halogens is 1. The standard InChI is InChI=1S/C15H20FN3O/c1-5-17-14(11-8-6-7-10(2)13(11)16)15-12(20-4)9-18-19(15)3/h6-9,14,17H,5H2,1-4H3. The van der Waals surface area contributed by atoms with E-state index in [4.69, 9.17) is 4.74 Å². The van der Waals surface area contributed by atoms with Crippen molar-refractivity contribution in [2.75, 3.05) is 13.7 Å². The molecule has 0 aliphatic carbocycles. The zero-order valence-corrected chi connectivity index (χ0v) is 12.3. The number of benzene rings is 1. The number of nitrogens with one attached hydrogen (secondary N) is 1. The average molecular weight is 277 g/mol. The summed E-state index contributed by atoms with van der Waals surface area (Å²) < 4.78 is 21.5. The predicted molar refractivity (Wildman–Crippen MR) is 76.4 cm³/mol. The molecule has 0 spiro atoms. The molecule has 20 heavy (non-hydrogen) atoms. The Balaban J connectivity index is 2.56. The Morgan fingerprint density at radius 1 is 1.45 bits per heavy atom. The zero-order valence-electron chi connectivity index (χ0n) is 12.3. The van der Waals surface area contributed by atoms with Crippen LogP contribution >= 0.6 is 0 Å². The van der Waals surface area contributed by atoms with Gasteiger partial charge >= 0.3 is 0 Å². The summed E-state index contributed by atoms with van der Waals surface area (Å²) in [4.78, 5) is 0. The predicted octanol–water partition coefficient (Wildman–Crippen LogP) is 2.58. The summed E-state index contributed by atoms with van der Waals surface area (Å²) in [6, 6.07) is 5.13. The van der Waals surface area contributed by atoms with Crippen LogP contribution < -0.4 is 10.1 Å². The first-order valence-electron chi connectivity index (χ1n) is 6.64. The number of aromatic nitrogens is 2. The smallest absolute Gasteiger partial charge is 0.161 e. The van der Waals surface area contributed by atoms with Gasteiger partial charge in [0.1, 0.15) is 11.5 Å². The lowest BCUT2D eigenvalue weighted by molar-refractivity contribution is 0.400. The Labute approximate surface area is 118 Å². The quantitative estimate of drug-likeness (QED) is 0.913. The van der Waals surface area contributed by atoms with Crippen molar-refractivity contribution in [3.63, 3.8) is 0 Å². The number of ether oxygens (including phenoxy) is 1. The molecular weight excluding hydrogens is 257 g/mol. The van der Waals surface area contributed by atoms with Crippen LogP contribution in [-0.2, 0) is 7.05 Å².